The fourth-order valence-electron chi connectivity index (χ4n) is 4.13. The molecular weight excluding hydrogens is 440 g/mol. The Morgan fingerprint density at radius 2 is 1.74 bits per heavy atom. The summed E-state index contributed by atoms with van der Waals surface area (Å²) in [6, 6.07) is 25.2. The molecule has 2 heterocycles. The standard InChI is InChI=1S/C28H26N4O3/c1-3-34-27(33)24-25(21-7-5-4-6-8-21)31-28-29-18-30-32(28)26(24)22-13-15-23(16-14-22)35-17-20-11-9-19(2)10-12-20/h4-16,18,26H,3,17H2,1-2H3,(H,29,30,31)/t26-/m1/s1. The first kappa shape index (κ1) is 22.4. The molecule has 0 aliphatic carbocycles. The van der Waals surface area contributed by atoms with Crippen molar-refractivity contribution in [2.24, 2.45) is 0 Å². The van der Waals surface area contributed by atoms with Crippen LogP contribution >= 0.6 is 0 Å². The van der Waals surface area contributed by atoms with E-state index in [0.29, 0.717) is 23.8 Å². The Bertz CT molecular complexity index is 1340. The fourth-order valence-corrected chi connectivity index (χ4v) is 4.13. The molecule has 1 aromatic heterocycles. The predicted octanol–water partition coefficient (Wildman–Crippen LogP) is 5.15. The minimum Gasteiger partial charge on any atom is -0.489 e. The number of aryl methyl sites for hydroxylation is 1. The van der Waals surface area contributed by atoms with Gasteiger partial charge in [0.25, 0.3) is 0 Å². The highest BCUT2D eigenvalue weighted by Gasteiger charge is 2.36. The number of carbonyl (C=O) groups excluding carboxylic acids is 1. The Morgan fingerprint density at radius 1 is 1.00 bits per heavy atom. The van der Waals surface area contributed by atoms with Crippen LogP contribution in [0.15, 0.2) is 90.8 Å². The fraction of sp³-hybridized carbons (Fsp3) is 0.179. The number of ether oxygens (including phenoxy) is 2. The van der Waals surface area contributed by atoms with E-state index in [1.54, 1.807) is 11.6 Å². The van der Waals surface area contributed by atoms with E-state index in [2.05, 4.69) is 46.6 Å². The van der Waals surface area contributed by atoms with Gasteiger partial charge in [0.05, 0.1) is 17.9 Å². The average molecular weight is 467 g/mol. The van der Waals surface area contributed by atoms with Crippen molar-refractivity contribution in [3.63, 3.8) is 0 Å². The lowest BCUT2D eigenvalue weighted by Crippen LogP contribution is -2.30. The number of aromatic nitrogens is 3. The monoisotopic (exact) mass is 466 g/mol. The van der Waals surface area contributed by atoms with Crippen LogP contribution < -0.4 is 10.1 Å². The number of hydrogen-bond acceptors (Lipinski definition) is 6. The molecule has 0 radical (unpaired) electrons. The topological polar surface area (TPSA) is 78.3 Å². The van der Waals surface area contributed by atoms with Crippen LogP contribution in [0.4, 0.5) is 5.95 Å². The Balaban J connectivity index is 1.50. The van der Waals surface area contributed by atoms with Crippen molar-refractivity contribution in [3.8, 4) is 5.75 Å². The molecule has 176 valence electrons. The van der Waals surface area contributed by atoms with Gasteiger partial charge >= 0.3 is 5.97 Å². The van der Waals surface area contributed by atoms with Crippen LogP contribution in [0.3, 0.4) is 0 Å². The number of esters is 1. The molecule has 0 bridgehead atoms. The van der Waals surface area contributed by atoms with Crippen molar-refractivity contribution in [1.29, 1.82) is 0 Å². The maximum absolute atomic E-state index is 13.2. The van der Waals surface area contributed by atoms with E-state index in [0.717, 1.165) is 22.4 Å². The molecule has 0 saturated heterocycles. The number of fused-ring (bicyclic) bond motifs is 1. The van der Waals surface area contributed by atoms with E-state index >= 15 is 0 Å². The Hall–Kier alpha value is -4.39. The molecule has 3 aromatic carbocycles. The highest BCUT2D eigenvalue weighted by molar-refractivity contribution is 6.02. The molecule has 1 aliphatic rings. The van der Waals surface area contributed by atoms with Gasteiger partial charge < -0.3 is 14.8 Å². The molecule has 0 fully saturated rings. The van der Waals surface area contributed by atoms with Crippen molar-refractivity contribution in [1.82, 2.24) is 14.8 Å². The van der Waals surface area contributed by atoms with Crippen molar-refractivity contribution in [3.05, 3.63) is 113 Å². The number of anilines is 1. The van der Waals surface area contributed by atoms with Gasteiger partial charge in [0.15, 0.2) is 0 Å². The van der Waals surface area contributed by atoms with Crippen LogP contribution in [0.1, 0.15) is 35.2 Å². The summed E-state index contributed by atoms with van der Waals surface area (Å²) in [6.45, 7) is 4.61. The van der Waals surface area contributed by atoms with Crippen LogP contribution in [-0.4, -0.2) is 27.3 Å². The van der Waals surface area contributed by atoms with Gasteiger partial charge in [-0.2, -0.15) is 10.1 Å². The largest absolute Gasteiger partial charge is 0.489 e. The number of carbonyl (C=O) groups is 1. The second-order valence-electron chi connectivity index (χ2n) is 8.27. The van der Waals surface area contributed by atoms with Crippen molar-refractivity contribution >= 4 is 17.6 Å². The molecular formula is C28H26N4O3. The van der Waals surface area contributed by atoms with Gasteiger partial charge in [-0.05, 0) is 42.7 Å². The summed E-state index contributed by atoms with van der Waals surface area (Å²) in [7, 11) is 0. The third kappa shape index (κ3) is 4.66. The van der Waals surface area contributed by atoms with Crippen LogP contribution in [0, 0.1) is 6.92 Å². The second kappa shape index (κ2) is 9.85. The molecule has 1 N–H and O–H groups in total. The molecule has 0 amide bonds. The minimum atomic E-state index is -0.505. The zero-order valence-corrected chi connectivity index (χ0v) is 19.6. The molecule has 0 saturated carbocycles. The van der Waals surface area contributed by atoms with E-state index in [1.165, 1.54) is 11.9 Å². The Morgan fingerprint density at radius 3 is 2.46 bits per heavy atom. The van der Waals surface area contributed by atoms with E-state index in [-0.39, 0.29) is 6.61 Å². The normalized spacial score (nSPS) is 14.7. The van der Waals surface area contributed by atoms with Gasteiger partial charge in [-0.15, -0.1) is 0 Å². The third-order valence-corrected chi connectivity index (χ3v) is 5.88. The van der Waals surface area contributed by atoms with Crippen LogP contribution in [0.5, 0.6) is 5.75 Å². The van der Waals surface area contributed by atoms with E-state index in [1.807, 2.05) is 54.6 Å². The van der Waals surface area contributed by atoms with Crippen LogP contribution in [0.2, 0.25) is 0 Å². The van der Waals surface area contributed by atoms with Crippen LogP contribution in [-0.2, 0) is 16.1 Å². The SMILES string of the molecule is CCOC(=O)C1=C(c2ccccc2)Nc2ncnn2[C@@H]1c1ccc(OCc2ccc(C)cc2)cc1. The highest BCUT2D eigenvalue weighted by atomic mass is 16.5. The average Bonchev–Trinajstić information content (AvgIpc) is 3.37. The highest BCUT2D eigenvalue weighted by Crippen LogP contribution is 2.39. The van der Waals surface area contributed by atoms with Crippen molar-refractivity contribution in [2.75, 3.05) is 11.9 Å². The third-order valence-electron chi connectivity index (χ3n) is 5.88. The number of benzene rings is 3. The number of nitrogens with one attached hydrogen (secondary N) is 1. The Labute approximate surface area is 204 Å². The lowest BCUT2D eigenvalue weighted by Gasteiger charge is -2.29. The summed E-state index contributed by atoms with van der Waals surface area (Å²) >= 11 is 0. The molecule has 7 heteroatoms. The van der Waals surface area contributed by atoms with Crippen molar-refractivity contribution in [2.45, 2.75) is 26.5 Å². The summed E-state index contributed by atoms with van der Waals surface area (Å²) in [5, 5.41) is 7.69. The quantitative estimate of drug-likeness (QED) is 0.379. The first-order chi connectivity index (χ1) is 17.1. The summed E-state index contributed by atoms with van der Waals surface area (Å²) < 4.78 is 13.2. The maximum Gasteiger partial charge on any atom is 0.338 e. The number of rotatable bonds is 7. The summed E-state index contributed by atoms with van der Waals surface area (Å²) in [5.74, 6) is 0.901. The number of hydrogen-bond donors (Lipinski definition) is 1. The molecule has 7 nitrogen and oxygen atoms in total. The van der Waals surface area contributed by atoms with Gasteiger partial charge in [0.2, 0.25) is 5.95 Å². The smallest absolute Gasteiger partial charge is 0.338 e. The lowest BCUT2D eigenvalue weighted by atomic mass is 9.93. The van der Waals surface area contributed by atoms with E-state index < -0.39 is 12.0 Å². The molecule has 5 rings (SSSR count). The van der Waals surface area contributed by atoms with Crippen LogP contribution in [0.25, 0.3) is 5.70 Å². The molecule has 4 aromatic rings. The summed E-state index contributed by atoms with van der Waals surface area (Å²) in [4.78, 5) is 17.6. The number of nitrogens with zero attached hydrogens (tertiary/aromatic N) is 3. The molecule has 0 unspecified atom stereocenters. The molecule has 0 spiro atoms. The first-order valence-corrected chi connectivity index (χ1v) is 11.6. The second-order valence-corrected chi connectivity index (χ2v) is 8.27. The molecule has 1 atom stereocenters. The van der Waals surface area contributed by atoms with Gasteiger partial charge in [0, 0.05) is 0 Å². The molecule has 1 aliphatic heterocycles. The molecule has 35 heavy (non-hydrogen) atoms. The first-order valence-electron chi connectivity index (χ1n) is 11.6. The van der Waals surface area contributed by atoms with Gasteiger partial charge in [-0.3, -0.25) is 0 Å². The van der Waals surface area contributed by atoms with E-state index in [9.17, 15) is 4.79 Å². The minimum absolute atomic E-state index is 0.271. The Kier molecular flexibility index (Phi) is 6.30. The lowest BCUT2D eigenvalue weighted by molar-refractivity contribution is -0.138. The zero-order chi connectivity index (χ0) is 24.2. The van der Waals surface area contributed by atoms with Gasteiger partial charge in [-0.25, -0.2) is 9.48 Å². The van der Waals surface area contributed by atoms with E-state index in [4.69, 9.17) is 9.47 Å². The summed E-state index contributed by atoms with van der Waals surface area (Å²) in [5.41, 5.74) is 5.20. The van der Waals surface area contributed by atoms with Crippen molar-refractivity contribution < 1.29 is 14.3 Å². The maximum atomic E-state index is 13.2. The van der Waals surface area contributed by atoms with Gasteiger partial charge in [0.1, 0.15) is 24.7 Å². The summed E-state index contributed by atoms with van der Waals surface area (Å²) in [6.07, 6.45) is 1.48. The zero-order valence-electron chi connectivity index (χ0n) is 19.6. The predicted molar refractivity (Wildman–Crippen MR) is 134 cm³/mol. The van der Waals surface area contributed by atoms with Gasteiger partial charge in [-0.1, -0.05) is 72.3 Å².